The summed E-state index contributed by atoms with van der Waals surface area (Å²) in [5.41, 5.74) is 0. The first-order chi connectivity index (χ1) is 14.3. The number of rotatable bonds is 6. The fourth-order valence-corrected chi connectivity index (χ4v) is 5.44. The smallest absolute Gasteiger partial charge is 0.237 e. The summed E-state index contributed by atoms with van der Waals surface area (Å²) in [5, 5.41) is 1.22. The molecule has 2 aliphatic heterocycles. The second-order valence-electron chi connectivity index (χ2n) is 8.38. The maximum absolute atomic E-state index is 12.9. The fraction of sp³-hybridized carbons (Fsp3) is 0.524. The molecule has 30 heavy (non-hydrogen) atoms. The van der Waals surface area contributed by atoms with Gasteiger partial charge in [0.05, 0.1) is 30.2 Å². The maximum atomic E-state index is 12.9. The Kier molecular flexibility index (Phi) is 5.88. The van der Waals surface area contributed by atoms with Gasteiger partial charge in [0.1, 0.15) is 0 Å². The van der Waals surface area contributed by atoms with Crippen molar-refractivity contribution in [1.82, 2.24) is 9.80 Å². The minimum atomic E-state index is -0.425. The summed E-state index contributed by atoms with van der Waals surface area (Å²) in [6.45, 7) is 4.31. The molecule has 0 bridgehead atoms. The number of hydrogen-bond donors (Lipinski definition) is 1. The third-order valence-electron chi connectivity index (χ3n) is 6.52. The zero-order valence-electron chi connectivity index (χ0n) is 16.5. The predicted molar refractivity (Wildman–Crippen MR) is 110 cm³/mol. The standard InChI is InChI=1S/C21H23Cl2N3O4/c1-2-7-24(10-25-18(27)14-5-3-12(22)8-16(14)20(25)29)11-26-19(28)15-6-4-13(23)9-17(15)21(26)30/h2-4,14-17H,1,5-11H2/p+1/t14-,15-,16+,17+/m1/s1. The summed E-state index contributed by atoms with van der Waals surface area (Å²) in [7, 11) is 0. The Morgan fingerprint density at radius 3 is 1.63 bits per heavy atom. The number of imide groups is 2. The van der Waals surface area contributed by atoms with Crippen LogP contribution in [0.5, 0.6) is 0 Å². The van der Waals surface area contributed by atoms with Crippen molar-refractivity contribution in [3.05, 3.63) is 34.9 Å². The lowest BCUT2D eigenvalue weighted by Crippen LogP contribution is -3.15. The van der Waals surface area contributed by atoms with Crippen LogP contribution in [0.15, 0.2) is 34.9 Å². The van der Waals surface area contributed by atoms with Crippen LogP contribution in [0.3, 0.4) is 0 Å². The van der Waals surface area contributed by atoms with E-state index in [0.717, 1.165) is 4.90 Å². The topological polar surface area (TPSA) is 79.2 Å². The number of quaternary nitrogens is 1. The van der Waals surface area contributed by atoms with Crippen LogP contribution in [0.2, 0.25) is 0 Å². The Bertz CT molecular complexity index is 817. The molecule has 2 aliphatic carbocycles. The van der Waals surface area contributed by atoms with E-state index in [2.05, 4.69) is 6.58 Å². The zero-order chi connectivity index (χ0) is 21.6. The Hall–Kier alpha value is -1.96. The number of likely N-dealkylation sites (tertiary alicyclic amines) is 2. The molecule has 0 spiro atoms. The highest BCUT2D eigenvalue weighted by atomic mass is 35.5. The second-order valence-corrected chi connectivity index (χ2v) is 9.35. The van der Waals surface area contributed by atoms with Crippen molar-refractivity contribution < 1.29 is 24.1 Å². The molecule has 0 unspecified atom stereocenters. The van der Waals surface area contributed by atoms with E-state index in [1.54, 1.807) is 18.2 Å². The summed E-state index contributed by atoms with van der Waals surface area (Å²) in [4.78, 5) is 54.6. The summed E-state index contributed by atoms with van der Waals surface area (Å²) < 4.78 is 0. The molecule has 7 nitrogen and oxygen atoms in total. The first kappa shape index (κ1) is 21.3. The molecule has 2 saturated heterocycles. The number of carbonyl (C=O) groups is 4. The molecule has 2 heterocycles. The van der Waals surface area contributed by atoms with Crippen LogP contribution in [-0.4, -0.2) is 53.3 Å². The highest BCUT2D eigenvalue weighted by Gasteiger charge is 2.51. The molecule has 0 aromatic carbocycles. The first-order valence-corrected chi connectivity index (χ1v) is 10.9. The highest BCUT2D eigenvalue weighted by molar-refractivity contribution is 6.30. The Morgan fingerprint density at radius 2 is 1.23 bits per heavy atom. The van der Waals surface area contributed by atoms with Crippen LogP contribution in [0.4, 0.5) is 0 Å². The van der Waals surface area contributed by atoms with Crippen LogP contribution in [-0.2, 0) is 19.2 Å². The van der Waals surface area contributed by atoms with Crippen LogP contribution in [0, 0.1) is 23.7 Å². The number of amides is 4. The van der Waals surface area contributed by atoms with Crippen molar-refractivity contribution in [3.63, 3.8) is 0 Å². The van der Waals surface area contributed by atoms with E-state index in [4.69, 9.17) is 23.2 Å². The van der Waals surface area contributed by atoms with Crippen molar-refractivity contribution >= 4 is 46.8 Å². The molecule has 160 valence electrons. The van der Waals surface area contributed by atoms with Crippen molar-refractivity contribution in [2.75, 3.05) is 19.9 Å². The number of allylic oxidation sites excluding steroid dienone is 4. The van der Waals surface area contributed by atoms with Gasteiger partial charge in [0, 0.05) is 10.1 Å². The molecular formula is C21H24Cl2N3O4+. The molecule has 1 N–H and O–H groups in total. The van der Waals surface area contributed by atoms with Crippen molar-refractivity contribution in [3.8, 4) is 0 Å². The SMILES string of the molecule is C=CC[NH+](CN1C(=O)[C@H]2CC(Cl)=CC[C@H]2C1=O)CN1C(=O)[C@H]2CC(Cl)=CC[C@H]2C1=O. The average molecular weight is 453 g/mol. The maximum Gasteiger partial charge on any atom is 0.237 e. The molecule has 0 aromatic rings. The van der Waals surface area contributed by atoms with E-state index in [9.17, 15) is 19.2 Å². The summed E-state index contributed by atoms with van der Waals surface area (Å²) >= 11 is 12.2. The van der Waals surface area contributed by atoms with Crippen LogP contribution < -0.4 is 4.90 Å². The van der Waals surface area contributed by atoms with Crippen molar-refractivity contribution in [2.45, 2.75) is 25.7 Å². The third kappa shape index (κ3) is 3.63. The molecule has 0 saturated carbocycles. The van der Waals surface area contributed by atoms with Crippen molar-refractivity contribution in [1.29, 1.82) is 0 Å². The largest absolute Gasteiger partial charge is 0.297 e. The van der Waals surface area contributed by atoms with Crippen molar-refractivity contribution in [2.24, 2.45) is 23.7 Å². The molecule has 0 aromatic heterocycles. The second kappa shape index (κ2) is 8.29. The van der Waals surface area contributed by atoms with Crippen LogP contribution >= 0.6 is 23.2 Å². The molecule has 4 amide bonds. The molecule has 4 atom stereocenters. The minimum Gasteiger partial charge on any atom is -0.297 e. The molecule has 0 radical (unpaired) electrons. The normalized spacial score (nSPS) is 31.2. The monoisotopic (exact) mass is 452 g/mol. The number of hydrogen-bond acceptors (Lipinski definition) is 4. The number of nitrogens with zero attached hydrogens (tertiary/aromatic N) is 2. The molecular weight excluding hydrogens is 429 g/mol. The molecule has 4 rings (SSSR count). The van der Waals surface area contributed by atoms with E-state index in [1.165, 1.54) is 9.80 Å². The van der Waals surface area contributed by atoms with Gasteiger partial charge in [-0.05, 0) is 31.8 Å². The van der Waals surface area contributed by atoms with Gasteiger partial charge in [-0.25, -0.2) is 9.80 Å². The first-order valence-electron chi connectivity index (χ1n) is 10.2. The lowest BCUT2D eigenvalue weighted by atomic mass is 9.85. The Balaban J connectivity index is 1.47. The lowest BCUT2D eigenvalue weighted by Gasteiger charge is -2.26. The van der Waals surface area contributed by atoms with Gasteiger partial charge < -0.3 is 0 Å². The lowest BCUT2D eigenvalue weighted by molar-refractivity contribution is -0.909. The van der Waals surface area contributed by atoms with E-state index in [1.807, 2.05) is 0 Å². The van der Waals surface area contributed by atoms with Gasteiger partial charge in [0.15, 0.2) is 13.3 Å². The number of fused-ring (bicyclic) bond motifs is 2. The van der Waals surface area contributed by atoms with Gasteiger partial charge in [-0.2, -0.15) is 0 Å². The fourth-order valence-electron chi connectivity index (χ4n) is 4.93. The summed E-state index contributed by atoms with van der Waals surface area (Å²) in [6.07, 6.45) is 6.93. The van der Waals surface area contributed by atoms with Gasteiger partial charge in [0.25, 0.3) is 0 Å². The van der Waals surface area contributed by atoms with Gasteiger partial charge in [-0.3, -0.25) is 24.1 Å². The minimum absolute atomic E-state index is 0.0830. The van der Waals surface area contributed by atoms with Gasteiger partial charge >= 0.3 is 0 Å². The molecule has 9 heteroatoms. The van der Waals surface area contributed by atoms with Crippen LogP contribution in [0.25, 0.3) is 0 Å². The molecule has 4 aliphatic rings. The number of nitrogens with one attached hydrogen (secondary N) is 1. The van der Waals surface area contributed by atoms with Gasteiger partial charge in [-0.1, -0.05) is 41.9 Å². The van der Waals surface area contributed by atoms with E-state index >= 15 is 0 Å². The van der Waals surface area contributed by atoms with Gasteiger partial charge in [-0.15, -0.1) is 0 Å². The Morgan fingerprint density at radius 1 is 0.833 bits per heavy atom. The van der Waals surface area contributed by atoms with E-state index in [-0.39, 0.29) is 48.8 Å². The third-order valence-corrected chi connectivity index (χ3v) is 7.13. The molecule has 2 fully saturated rings. The summed E-state index contributed by atoms with van der Waals surface area (Å²) in [6, 6.07) is 0. The quantitative estimate of drug-likeness (QED) is 0.481. The van der Waals surface area contributed by atoms with E-state index < -0.39 is 11.8 Å². The number of halogens is 2. The summed E-state index contributed by atoms with van der Waals surface area (Å²) in [5.74, 6) is -2.50. The Labute approximate surface area is 184 Å². The van der Waals surface area contributed by atoms with Crippen LogP contribution in [0.1, 0.15) is 25.7 Å². The highest BCUT2D eigenvalue weighted by Crippen LogP contribution is 2.39. The zero-order valence-corrected chi connectivity index (χ0v) is 18.0. The van der Waals surface area contributed by atoms with Gasteiger partial charge in [0.2, 0.25) is 23.6 Å². The average Bonchev–Trinajstić information content (AvgIpc) is 3.08. The van der Waals surface area contributed by atoms with E-state index in [0.29, 0.717) is 42.3 Å². The predicted octanol–water partition coefficient (Wildman–Crippen LogP) is 1.01. The number of carbonyl (C=O) groups excluding carboxylic acids is 4.